The zero-order chi connectivity index (χ0) is 15.1. The van der Waals surface area contributed by atoms with Crippen LogP contribution >= 0.6 is 0 Å². The summed E-state index contributed by atoms with van der Waals surface area (Å²) in [5.41, 5.74) is 2.30. The summed E-state index contributed by atoms with van der Waals surface area (Å²) in [7, 11) is 1.69. The topological polar surface area (TPSA) is 39.1 Å². The summed E-state index contributed by atoms with van der Waals surface area (Å²) in [6.45, 7) is 6.01. The molecule has 0 aliphatic carbocycles. The summed E-state index contributed by atoms with van der Waals surface area (Å²) >= 11 is 0. The molecule has 0 fully saturated rings. The van der Waals surface area contributed by atoms with Gasteiger partial charge in [-0.1, -0.05) is 26.0 Å². The van der Waals surface area contributed by atoms with Gasteiger partial charge < -0.3 is 10.1 Å². The van der Waals surface area contributed by atoms with E-state index < -0.39 is 0 Å². The Morgan fingerprint density at radius 3 is 2.71 bits per heavy atom. The van der Waals surface area contributed by atoms with Crippen LogP contribution in [0.1, 0.15) is 44.0 Å². The lowest BCUT2D eigenvalue weighted by Gasteiger charge is -2.12. The van der Waals surface area contributed by atoms with Crippen molar-refractivity contribution in [3.8, 4) is 5.75 Å². The molecule has 4 nitrogen and oxygen atoms in total. The van der Waals surface area contributed by atoms with E-state index in [-0.39, 0.29) is 0 Å². The van der Waals surface area contributed by atoms with Crippen LogP contribution in [0, 0.1) is 0 Å². The van der Waals surface area contributed by atoms with E-state index in [0.29, 0.717) is 6.04 Å². The molecule has 1 heterocycles. The zero-order valence-corrected chi connectivity index (χ0v) is 13.2. The van der Waals surface area contributed by atoms with Crippen molar-refractivity contribution in [1.29, 1.82) is 0 Å². The third-order valence-electron chi connectivity index (χ3n) is 3.75. The Kier molecular flexibility index (Phi) is 5.81. The number of methoxy groups -OCH3 is 1. The first-order valence-electron chi connectivity index (χ1n) is 7.64. The Morgan fingerprint density at radius 2 is 2.00 bits per heavy atom. The van der Waals surface area contributed by atoms with E-state index in [0.717, 1.165) is 37.4 Å². The molecule has 1 aromatic carbocycles. The second-order valence-corrected chi connectivity index (χ2v) is 5.21. The molecule has 0 radical (unpaired) electrons. The van der Waals surface area contributed by atoms with E-state index in [9.17, 15) is 0 Å². The van der Waals surface area contributed by atoms with E-state index in [1.807, 2.05) is 12.1 Å². The van der Waals surface area contributed by atoms with Crippen LogP contribution in [0.4, 0.5) is 0 Å². The van der Waals surface area contributed by atoms with Crippen molar-refractivity contribution in [3.63, 3.8) is 0 Å². The minimum absolute atomic E-state index is 0.511. The van der Waals surface area contributed by atoms with Gasteiger partial charge in [0, 0.05) is 19.3 Å². The molecule has 0 atom stereocenters. The summed E-state index contributed by atoms with van der Waals surface area (Å²) < 4.78 is 7.32. The Morgan fingerprint density at radius 1 is 1.19 bits per heavy atom. The third kappa shape index (κ3) is 4.33. The highest BCUT2D eigenvalue weighted by Crippen LogP contribution is 2.15. The Bertz CT molecular complexity index is 546. The summed E-state index contributed by atoms with van der Waals surface area (Å²) in [5.74, 6) is 0.896. The number of hydrogen-bond donors (Lipinski definition) is 1. The maximum absolute atomic E-state index is 5.23. The molecule has 0 spiro atoms. The molecular formula is C17H25N3O. The van der Waals surface area contributed by atoms with Gasteiger partial charge in [0.25, 0.3) is 0 Å². The van der Waals surface area contributed by atoms with Gasteiger partial charge in [-0.2, -0.15) is 5.10 Å². The number of nitrogens with zero attached hydrogens (tertiary/aromatic N) is 2. The quantitative estimate of drug-likeness (QED) is 0.807. The number of benzene rings is 1. The smallest absolute Gasteiger partial charge is 0.119 e. The number of ether oxygens (including phenoxy) is 1. The summed E-state index contributed by atoms with van der Waals surface area (Å²) in [5, 5.41) is 8.07. The second-order valence-electron chi connectivity index (χ2n) is 5.21. The fourth-order valence-electron chi connectivity index (χ4n) is 2.46. The van der Waals surface area contributed by atoms with Crippen molar-refractivity contribution in [1.82, 2.24) is 15.1 Å². The molecule has 114 valence electrons. The lowest BCUT2D eigenvalue weighted by molar-refractivity contribution is 0.414. The van der Waals surface area contributed by atoms with Gasteiger partial charge in [-0.3, -0.25) is 4.68 Å². The molecule has 0 saturated heterocycles. The van der Waals surface area contributed by atoms with Crippen molar-refractivity contribution in [2.75, 3.05) is 7.11 Å². The van der Waals surface area contributed by atoms with Gasteiger partial charge in [-0.15, -0.1) is 0 Å². The molecule has 1 aromatic heterocycles. The predicted octanol–water partition coefficient (Wildman–Crippen LogP) is 3.54. The van der Waals surface area contributed by atoms with Gasteiger partial charge in [0.15, 0.2) is 0 Å². The van der Waals surface area contributed by atoms with Crippen LogP contribution in [-0.4, -0.2) is 16.9 Å². The summed E-state index contributed by atoms with van der Waals surface area (Å²) in [6, 6.07) is 10.7. The number of nitrogens with one attached hydrogen (secondary N) is 1. The van der Waals surface area contributed by atoms with Gasteiger partial charge in [0.05, 0.1) is 18.8 Å². The molecule has 0 saturated carbocycles. The van der Waals surface area contributed by atoms with Crippen LogP contribution in [0.5, 0.6) is 5.75 Å². The molecule has 0 amide bonds. The SMILES string of the molecule is CCC(CC)n1ccc(CNCc2cccc(OC)c2)n1. The van der Waals surface area contributed by atoms with Gasteiger partial charge in [-0.05, 0) is 36.6 Å². The van der Waals surface area contributed by atoms with Gasteiger partial charge in [0.2, 0.25) is 0 Å². The van der Waals surface area contributed by atoms with E-state index in [1.165, 1.54) is 5.56 Å². The maximum atomic E-state index is 5.23. The van der Waals surface area contributed by atoms with E-state index in [1.54, 1.807) is 7.11 Å². The van der Waals surface area contributed by atoms with Gasteiger partial charge in [-0.25, -0.2) is 0 Å². The number of hydrogen-bond acceptors (Lipinski definition) is 3. The van der Waals surface area contributed by atoms with Crippen LogP contribution in [0.15, 0.2) is 36.5 Å². The maximum Gasteiger partial charge on any atom is 0.119 e. The van der Waals surface area contributed by atoms with Crippen molar-refractivity contribution >= 4 is 0 Å². The largest absolute Gasteiger partial charge is 0.497 e. The molecule has 4 heteroatoms. The molecule has 0 unspecified atom stereocenters. The van der Waals surface area contributed by atoms with Crippen LogP contribution in [0.2, 0.25) is 0 Å². The van der Waals surface area contributed by atoms with Crippen LogP contribution in [-0.2, 0) is 13.1 Å². The first kappa shape index (κ1) is 15.6. The van der Waals surface area contributed by atoms with Crippen LogP contribution in [0.3, 0.4) is 0 Å². The van der Waals surface area contributed by atoms with Crippen LogP contribution in [0.25, 0.3) is 0 Å². The monoisotopic (exact) mass is 287 g/mol. The lowest BCUT2D eigenvalue weighted by Crippen LogP contribution is -2.14. The average molecular weight is 287 g/mol. The number of aromatic nitrogens is 2. The van der Waals surface area contributed by atoms with Gasteiger partial charge in [0.1, 0.15) is 5.75 Å². The van der Waals surface area contributed by atoms with E-state index in [2.05, 4.69) is 53.3 Å². The zero-order valence-electron chi connectivity index (χ0n) is 13.2. The molecule has 21 heavy (non-hydrogen) atoms. The third-order valence-corrected chi connectivity index (χ3v) is 3.75. The molecule has 2 rings (SSSR count). The fourth-order valence-corrected chi connectivity index (χ4v) is 2.46. The summed E-state index contributed by atoms with van der Waals surface area (Å²) in [6.07, 6.45) is 4.32. The summed E-state index contributed by atoms with van der Waals surface area (Å²) in [4.78, 5) is 0. The van der Waals surface area contributed by atoms with Gasteiger partial charge >= 0.3 is 0 Å². The Hall–Kier alpha value is -1.81. The molecule has 0 aliphatic heterocycles. The van der Waals surface area contributed by atoms with Crippen molar-refractivity contribution < 1.29 is 4.74 Å². The molecule has 2 aromatic rings. The molecule has 0 bridgehead atoms. The first-order valence-corrected chi connectivity index (χ1v) is 7.64. The highest BCUT2D eigenvalue weighted by molar-refractivity contribution is 5.28. The van der Waals surface area contributed by atoms with Crippen molar-refractivity contribution in [3.05, 3.63) is 47.8 Å². The molecular weight excluding hydrogens is 262 g/mol. The second kappa shape index (κ2) is 7.84. The highest BCUT2D eigenvalue weighted by atomic mass is 16.5. The number of rotatable bonds is 8. The lowest BCUT2D eigenvalue weighted by atomic mass is 10.2. The minimum Gasteiger partial charge on any atom is -0.497 e. The molecule has 0 aliphatic rings. The molecule has 1 N–H and O–H groups in total. The van der Waals surface area contributed by atoms with Crippen LogP contribution < -0.4 is 10.1 Å². The fraction of sp³-hybridized carbons (Fsp3) is 0.471. The van der Waals surface area contributed by atoms with Crippen molar-refractivity contribution in [2.24, 2.45) is 0 Å². The normalized spacial score (nSPS) is 11.0. The van der Waals surface area contributed by atoms with E-state index >= 15 is 0 Å². The minimum atomic E-state index is 0.511. The van der Waals surface area contributed by atoms with Crippen molar-refractivity contribution in [2.45, 2.75) is 45.8 Å². The van der Waals surface area contributed by atoms with E-state index in [4.69, 9.17) is 4.74 Å². The first-order chi connectivity index (χ1) is 10.3. The standard InChI is InChI=1S/C17H25N3O/c1-4-16(5-2)20-10-9-15(19-20)13-18-12-14-7-6-8-17(11-14)21-3/h6-11,16,18H,4-5,12-13H2,1-3H3. The Balaban J connectivity index is 1.85. The average Bonchev–Trinajstić information content (AvgIpc) is 2.97. The predicted molar refractivity (Wildman–Crippen MR) is 85.4 cm³/mol. The Labute approximate surface area is 127 Å². The highest BCUT2D eigenvalue weighted by Gasteiger charge is 2.07.